The quantitative estimate of drug-likeness (QED) is 0.803. The molecule has 0 fully saturated rings. The van der Waals surface area contributed by atoms with Gasteiger partial charge in [0.15, 0.2) is 0 Å². The fourth-order valence-corrected chi connectivity index (χ4v) is 1.42. The highest BCUT2D eigenvalue weighted by Gasteiger charge is 2.14. The van der Waals surface area contributed by atoms with Gasteiger partial charge in [-0.15, -0.1) is 0 Å². The van der Waals surface area contributed by atoms with Crippen LogP contribution in [0.4, 0.5) is 4.39 Å². The molecule has 1 rings (SSSR count). The molecule has 1 N–H and O–H groups in total. The van der Waals surface area contributed by atoms with E-state index in [0.29, 0.717) is 11.7 Å². The Bertz CT molecular complexity index is 315. The first-order chi connectivity index (χ1) is 7.63. The van der Waals surface area contributed by atoms with E-state index >= 15 is 0 Å². The lowest BCUT2D eigenvalue weighted by atomic mass is 10.1. The van der Waals surface area contributed by atoms with Crippen molar-refractivity contribution in [3.63, 3.8) is 0 Å². The van der Waals surface area contributed by atoms with Gasteiger partial charge >= 0.3 is 0 Å². The second-order valence-corrected chi connectivity index (χ2v) is 4.17. The molecule has 0 saturated heterocycles. The van der Waals surface area contributed by atoms with Crippen molar-refractivity contribution in [3.8, 4) is 5.75 Å². The number of nitrogens with one attached hydrogen (secondary N) is 1. The Morgan fingerprint density at radius 1 is 1.38 bits per heavy atom. The molecular weight excluding hydrogens is 205 g/mol. The summed E-state index contributed by atoms with van der Waals surface area (Å²) in [4.78, 5) is 0. The van der Waals surface area contributed by atoms with Crippen LogP contribution in [-0.4, -0.2) is 19.2 Å². The molecule has 90 valence electrons. The number of ether oxygens (including phenoxy) is 1. The first-order valence-corrected chi connectivity index (χ1v) is 5.76. The van der Waals surface area contributed by atoms with Crippen molar-refractivity contribution in [2.45, 2.75) is 26.9 Å². The fraction of sp³-hybridized carbons (Fsp3) is 0.538. The third kappa shape index (κ3) is 4.19. The van der Waals surface area contributed by atoms with Crippen LogP contribution in [0.3, 0.4) is 0 Å². The molecule has 0 aliphatic rings. The van der Waals surface area contributed by atoms with E-state index in [0.717, 1.165) is 13.1 Å². The van der Waals surface area contributed by atoms with Crippen LogP contribution in [0.15, 0.2) is 24.3 Å². The molecule has 0 aromatic heterocycles. The Kier molecular flexibility index (Phi) is 5.26. The molecule has 2 nitrogen and oxygen atoms in total. The van der Waals surface area contributed by atoms with E-state index < -0.39 is 0 Å². The van der Waals surface area contributed by atoms with Gasteiger partial charge in [-0.3, -0.25) is 0 Å². The third-order valence-electron chi connectivity index (χ3n) is 2.42. The fourth-order valence-electron chi connectivity index (χ4n) is 1.42. The predicted octanol–water partition coefficient (Wildman–Crippen LogP) is 2.84. The van der Waals surface area contributed by atoms with Crippen LogP contribution in [0.2, 0.25) is 0 Å². The predicted molar refractivity (Wildman–Crippen MR) is 64.2 cm³/mol. The molecule has 0 amide bonds. The highest BCUT2D eigenvalue weighted by molar-refractivity contribution is 5.22. The Hall–Kier alpha value is -1.09. The zero-order valence-electron chi connectivity index (χ0n) is 10.2. The van der Waals surface area contributed by atoms with Crippen molar-refractivity contribution in [1.82, 2.24) is 5.32 Å². The van der Waals surface area contributed by atoms with Gasteiger partial charge in [-0.2, -0.15) is 0 Å². The minimum atomic E-state index is -0.261. The van der Waals surface area contributed by atoms with Crippen LogP contribution in [-0.2, 0) is 0 Å². The first kappa shape index (κ1) is 13.0. The van der Waals surface area contributed by atoms with Crippen LogP contribution < -0.4 is 10.1 Å². The normalized spacial score (nSPS) is 12.8. The van der Waals surface area contributed by atoms with Crippen LogP contribution >= 0.6 is 0 Å². The van der Waals surface area contributed by atoms with Gasteiger partial charge in [0.2, 0.25) is 0 Å². The van der Waals surface area contributed by atoms with Gasteiger partial charge in [-0.1, -0.05) is 26.8 Å². The lowest BCUT2D eigenvalue weighted by Crippen LogP contribution is -2.35. The SMILES string of the molecule is CCNCC(Oc1cccc(F)c1)C(C)C. The minimum absolute atomic E-state index is 0.0711. The second-order valence-electron chi connectivity index (χ2n) is 4.17. The van der Waals surface area contributed by atoms with Crippen molar-refractivity contribution in [1.29, 1.82) is 0 Å². The molecule has 3 heteroatoms. The van der Waals surface area contributed by atoms with Crippen molar-refractivity contribution in [3.05, 3.63) is 30.1 Å². The molecule has 0 bridgehead atoms. The molecule has 0 aliphatic carbocycles. The van der Waals surface area contributed by atoms with E-state index in [1.807, 2.05) is 0 Å². The Balaban J connectivity index is 2.60. The lowest BCUT2D eigenvalue weighted by molar-refractivity contribution is 0.149. The topological polar surface area (TPSA) is 21.3 Å². The highest BCUT2D eigenvalue weighted by atomic mass is 19.1. The molecule has 0 heterocycles. The van der Waals surface area contributed by atoms with Gasteiger partial charge < -0.3 is 10.1 Å². The summed E-state index contributed by atoms with van der Waals surface area (Å²) >= 11 is 0. The summed E-state index contributed by atoms with van der Waals surface area (Å²) in [5.41, 5.74) is 0. The van der Waals surface area contributed by atoms with Gasteiger partial charge in [0, 0.05) is 12.6 Å². The van der Waals surface area contributed by atoms with E-state index in [-0.39, 0.29) is 11.9 Å². The minimum Gasteiger partial charge on any atom is -0.489 e. The van der Waals surface area contributed by atoms with E-state index in [1.165, 1.54) is 12.1 Å². The van der Waals surface area contributed by atoms with E-state index in [1.54, 1.807) is 12.1 Å². The summed E-state index contributed by atoms with van der Waals surface area (Å²) in [5.74, 6) is 0.724. The summed E-state index contributed by atoms with van der Waals surface area (Å²) in [6.07, 6.45) is 0.0711. The number of halogens is 1. The monoisotopic (exact) mass is 225 g/mol. The molecule has 1 aromatic carbocycles. The standard InChI is InChI=1S/C13H20FNO/c1-4-15-9-13(10(2)3)16-12-7-5-6-11(14)8-12/h5-8,10,13,15H,4,9H2,1-3H3. The molecule has 1 unspecified atom stereocenters. The zero-order valence-corrected chi connectivity index (χ0v) is 10.2. The van der Waals surface area contributed by atoms with Crippen molar-refractivity contribution in [2.24, 2.45) is 5.92 Å². The molecule has 0 spiro atoms. The summed E-state index contributed by atoms with van der Waals surface area (Å²) in [7, 11) is 0. The number of rotatable bonds is 6. The lowest BCUT2D eigenvalue weighted by Gasteiger charge is -2.22. The molecule has 0 saturated carbocycles. The summed E-state index contributed by atoms with van der Waals surface area (Å²) in [5, 5.41) is 3.25. The van der Waals surface area contributed by atoms with Crippen molar-refractivity contribution < 1.29 is 9.13 Å². The smallest absolute Gasteiger partial charge is 0.126 e. The average molecular weight is 225 g/mol. The van der Waals surface area contributed by atoms with Crippen LogP contribution in [0.5, 0.6) is 5.75 Å². The maximum atomic E-state index is 13.0. The van der Waals surface area contributed by atoms with E-state index in [9.17, 15) is 4.39 Å². The first-order valence-electron chi connectivity index (χ1n) is 5.76. The second kappa shape index (κ2) is 6.48. The highest BCUT2D eigenvalue weighted by Crippen LogP contribution is 2.16. The van der Waals surface area contributed by atoms with Crippen LogP contribution in [0.1, 0.15) is 20.8 Å². The van der Waals surface area contributed by atoms with Crippen molar-refractivity contribution in [2.75, 3.05) is 13.1 Å². The van der Waals surface area contributed by atoms with Gasteiger partial charge in [-0.25, -0.2) is 4.39 Å². The average Bonchev–Trinajstić information content (AvgIpc) is 2.24. The zero-order chi connectivity index (χ0) is 12.0. The molecule has 0 radical (unpaired) electrons. The Morgan fingerprint density at radius 3 is 2.69 bits per heavy atom. The maximum Gasteiger partial charge on any atom is 0.126 e. The Labute approximate surface area is 96.8 Å². The Morgan fingerprint density at radius 2 is 2.12 bits per heavy atom. The molecular formula is C13H20FNO. The van der Waals surface area contributed by atoms with E-state index in [2.05, 4.69) is 26.1 Å². The summed E-state index contributed by atoms with van der Waals surface area (Å²) in [6, 6.07) is 6.28. The van der Waals surface area contributed by atoms with E-state index in [4.69, 9.17) is 4.74 Å². The third-order valence-corrected chi connectivity index (χ3v) is 2.42. The number of benzene rings is 1. The van der Waals surface area contributed by atoms with Gasteiger partial charge in [0.25, 0.3) is 0 Å². The number of hydrogen-bond acceptors (Lipinski definition) is 2. The van der Waals surface area contributed by atoms with Gasteiger partial charge in [0.05, 0.1) is 0 Å². The maximum absolute atomic E-state index is 13.0. The molecule has 16 heavy (non-hydrogen) atoms. The van der Waals surface area contributed by atoms with Crippen LogP contribution in [0.25, 0.3) is 0 Å². The number of likely N-dealkylation sites (N-methyl/N-ethyl adjacent to an activating group) is 1. The van der Waals surface area contributed by atoms with Gasteiger partial charge in [0.1, 0.15) is 17.7 Å². The molecule has 1 atom stereocenters. The van der Waals surface area contributed by atoms with Crippen LogP contribution in [0, 0.1) is 11.7 Å². The largest absolute Gasteiger partial charge is 0.489 e. The summed E-state index contributed by atoms with van der Waals surface area (Å²) < 4.78 is 18.7. The van der Waals surface area contributed by atoms with Gasteiger partial charge in [-0.05, 0) is 24.6 Å². The summed E-state index contributed by atoms with van der Waals surface area (Å²) in [6.45, 7) is 7.95. The molecule has 0 aliphatic heterocycles. The molecule has 1 aromatic rings. The number of hydrogen-bond donors (Lipinski definition) is 1. The van der Waals surface area contributed by atoms with Crippen molar-refractivity contribution >= 4 is 0 Å².